The van der Waals surface area contributed by atoms with Crippen LogP contribution in [0.4, 0.5) is 0 Å². The molecular weight excluding hydrogens is 254 g/mol. The van der Waals surface area contributed by atoms with Gasteiger partial charge in [0.2, 0.25) is 0 Å². The van der Waals surface area contributed by atoms with Crippen molar-refractivity contribution in [3.05, 3.63) is 29.8 Å². The van der Waals surface area contributed by atoms with E-state index in [1.807, 2.05) is 18.2 Å². The molecule has 0 saturated carbocycles. The van der Waals surface area contributed by atoms with Gasteiger partial charge in [-0.3, -0.25) is 4.99 Å². The molecule has 5 heteroatoms. The number of rotatable bonds is 4. The Morgan fingerprint density at radius 1 is 1.40 bits per heavy atom. The summed E-state index contributed by atoms with van der Waals surface area (Å²) in [5.74, 6) is 1.78. The number of nitrogens with two attached hydrogens (primary N) is 1. The molecule has 0 bridgehead atoms. The molecule has 5 nitrogen and oxygen atoms in total. The molecule has 0 spiro atoms. The lowest BCUT2D eigenvalue weighted by molar-refractivity contribution is 0.0674. The second-order valence-corrected chi connectivity index (χ2v) is 4.94. The number of hydrogen-bond acceptors (Lipinski definition) is 3. The van der Waals surface area contributed by atoms with E-state index in [2.05, 4.69) is 22.9 Å². The highest BCUT2D eigenvalue weighted by molar-refractivity contribution is 5.78. The summed E-state index contributed by atoms with van der Waals surface area (Å²) in [4.78, 5) is 6.58. The molecule has 1 aliphatic heterocycles. The smallest absolute Gasteiger partial charge is 0.191 e. The van der Waals surface area contributed by atoms with Gasteiger partial charge in [0.25, 0.3) is 0 Å². The molecule has 2 rings (SSSR count). The number of benzene rings is 1. The molecule has 20 heavy (non-hydrogen) atoms. The highest BCUT2D eigenvalue weighted by atomic mass is 16.5. The van der Waals surface area contributed by atoms with E-state index in [1.54, 1.807) is 7.11 Å². The van der Waals surface area contributed by atoms with Crippen LogP contribution in [0.3, 0.4) is 0 Å². The van der Waals surface area contributed by atoms with Crippen LogP contribution in [-0.2, 0) is 4.74 Å². The summed E-state index contributed by atoms with van der Waals surface area (Å²) in [5.41, 5.74) is 7.20. The minimum atomic E-state index is 0.269. The molecule has 1 heterocycles. The molecule has 2 N–H and O–H groups in total. The molecule has 1 aromatic carbocycles. The predicted octanol–water partition coefficient (Wildman–Crippen LogP) is 1.45. The van der Waals surface area contributed by atoms with E-state index in [4.69, 9.17) is 15.2 Å². The number of guanidine groups is 1. The number of ether oxygens (including phenoxy) is 2. The van der Waals surface area contributed by atoms with E-state index < -0.39 is 0 Å². The first-order chi connectivity index (χ1) is 9.72. The Morgan fingerprint density at radius 3 is 2.80 bits per heavy atom. The van der Waals surface area contributed by atoms with Crippen LogP contribution in [0.5, 0.6) is 5.75 Å². The van der Waals surface area contributed by atoms with E-state index in [0.717, 1.165) is 37.6 Å². The van der Waals surface area contributed by atoms with Gasteiger partial charge in [0.15, 0.2) is 5.96 Å². The first kappa shape index (κ1) is 14.7. The minimum absolute atomic E-state index is 0.269. The molecule has 1 aliphatic rings. The van der Waals surface area contributed by atoms with Crippen LogP contribution >= 0.6 is 0 Å². The van der Waals surface area contributed by atoms with Gasteiger partial charge in [-0.15, -0.1) is 0 Å². The van der Waals surface area contributed by atoms with Gasteiger partial charge in [0, 0.05) is 25.6 Å². The molecule has 1 aromatic rings. The lowest BCUT2D eigenvalue weighted by atomic mass is 10.0. The minimum Gasteiger partial charge on any atom is -0.496 e. The summed E-state index contributed by atoms with van der Waals surface area (Å²) in [5, 5.41) is 0. The van der Waals surface area contributed by atoms with Crippen LogP contribution in [0.15, 0.2) is 29.3 Å². The Kier molecular flexibility index (Phi) is 5.24. The molecular formula is C15H23N3O2. The normalized spacial score (nSPS) is 17.9. The highest BCUT2D eigenvalue weighted by Gasteiger charge is 2.14. The van der Waals surface area contributed by atoms with Crippen molar-refractivity contribution < 1.29 is 9.47 Å². The van der Waals surface area contributed by atoms with Crippen molar-refractivity contribution in [2.24, 2.45) is 10.7 Å². The molecule has 0 radical (unpaired) electrons. The SMILES string of the molecule is COc1ccccc1C(C)CN=C(N)N1CCOCC1. The Labute approximate surface area is 120 Å². The third-order valence-corrected chi connectivity index (χ3v) is 3.53. The quantitative estimate of drug-likeness (QED) is 0.668. The Morgan fingerprint density at radius 2 is 2.10 bits per heavy atom. The lowest BCUT2D eigenvalue weighted by Gasteiger charge is -2.27. The topological polar surface area (TPSA) is 60.1 Å². The van der Waals surface area contributed by atoms with Gasteiger partial charge in [-0.2, -0.15) is 0 Å². The number of methoxy groups -OCH3 is 1. The summed E-state index contributed by atoms with van der Waals surface area (Å²) in [6.07, 6.45) is 0. The van der Waals surface area contributed by atoms with Gasteiger partial charge in [0.1, 0.15) is 5.75 Å². The van der Waals surface area contributed by atoms with E-state index in [9.17, 15) is 0 Å². The zero-order valence-corrected chi connectivity index (χ0v) is 12.2. The van der Waals surface area contributed by atoms with Gasteiger partial charge in [-0.1, -0.05) is 25.1 Å². The van der Waals surface area contributed by atoms with Crippen LogP contribution in [0.2, 0.25) is 0 Å². The summed E-state index contributed by atoms with van der Waals surface area (Å²) in [7, 11) is 1.69. The van der Waals surface area contributed by atoms with Crippen LogP contribution in [0.25, 0.3) is 0 Å². The van der Waals surface area contributed by atoms with Crippen molar-refractivity contribution in [2.75, 3.05) is 40.0 Å². The van der Waals surface area contributed by atoms with Crippen molar-refractivity contribution >= 4 is 5.96 Å². The fraction of sp³-hybridized carbons (Fsp3) is 0.533. The molecule has 1 unspecified atom stereocenters. The number of hydrogen-bond donors (Lipinski definition) is 1. The van der Waals surface area contributed by atoms with E-state index in [1.165, 1.54) is 0 Å². The van der Waals surface area contributed by atoms with Gasteiger partial charge in [-0.25, -0.2) is 0 Å². The molecule has 1 saturated heterocycles. The maximum absolute atomic E-state index is 6.03. The van der Waals surface area contributed by atoms with E-state index in [-0.39, 0.29) is 5.92 Å². The molecule has 110 valence electrons. The zero-order chi connectivity index (χ0) is 14.4. The van der Waals surface area contributed by atoms with Crippen molar-refractivity contribution in [1.29, 1.82) is 0 Å². The first-order valence-corrected chi connectivity index (χ1v) is 6.98. The Balaban J connectivity index is 1.98. The number of para-hydroxylation sites is 1. The van der Waals surface area contributed by atoms with Gasteiger partial charge >= 0.3 is 0 Å². The molecule has 1 fully saturated rings. The monoisotopic (exact) mass is 277 g/mol. The molecule has 0 aromatic heterocycles. The van der Waals surface area contributed by atoms with Crippen LogP contribution in [0.1, 0.15) is 18.4 Å². The average molecular weight is 277 g/mol. The standard InChI is InChI=1S/C15H23N3O2/c1-12(13-5-3-4-6-14(13)19-2)11-17-15(16)18-7-9-20-10-8-18/h3-6,12H,7-11H2,1-2H3,(H2,16,17). The van der Waals surface area contributed by atoms with Crippen LogP contribution in [0, 0.1) is 0 Å². The van der Waals surface area contributed by atoms with Crippen molar-refractivity contribution in [1.82, 2.24) is 4.90 Å². The third-order valence-electron chi connectivity index (χ3n) is 3.53. The predicted molar refractivity (Wildman–Crippen MR) is 80.3 cm³/mol. The first-order valence-electron chi connectivity index (χ1n) is 6.98. The highest BCUT2D eigenvalue weighted by Crippen LogP contribution is 2.26. The van der Waals surface area contributed by atoms with Crippen LogP contribution in [-0.4, -0.2) is 50.8 Å². The van der Waals surface area contributed by atoms with Crippen molar-refractivity contribution in [2.45, 2.75) is 12.8 Å². The average Bonchev–Trinajstić information content (AvgIpc) is 2.53. The summed E-state index contributed by atoms with van der Waals surface area (Å²) < 4.78 is 10.7. The maximum atomic E-state index is 6.03. The second-order valence-electron chi connectivity index (χ2n) is 4.94. The molecule has 1 atom stereocenters. The van der Waals surface area contributed by atoms with E-state index >= 15 is 0 Å². The molecule has 0 aliphatic carbocycles. The summed E-state index contributed by atoms with van der Waals surface area (Å²) >= 11 is 0. The number of morpholine rings is 1. The Bertz CT molecular complexity index is 456. The lowest BCUT2D eigenvalue weighted by Crippen LogP contribution is -2.45. The van der Waals surface area contributed by atoms with Gasteiger partial charge in [0.05, 0.1) is 20.3 Å². The van der Waals surface area contributed by atoms with E-state index in [0.29, 0.717) is 12.5 Å². The third kappa shape index (κ3) is 3.63. The second kappa shape index (κ2) is 7.14. The number of nitrogens with zero attached hydrogens (tertiary/aromatic N) is 2. The summed E-state index contributed by atoms with van der Waals surface area (Å²) in [6.45, 7) is 5.87. The fourth-order valence-corrected chi connectivity index (χ4v) is 2.29. The summed E-state index contributed by atoms with van der Waals surface area (Å²) in [6, 6.07) is 8.04. The largest absolute Gasteiger partial charge is 0.496 e. The zero-order valence-electron chi connectivity index (χ0n) is 12.2. The van der Waals surface area contributed by atoms with Crippen LogP contribution < -0.4 is 10.5 Å². The molecule has 0 amide bonds. The fourth-order valence-electron chi connectivity index (χ4n) is 2.29. The van der Waals surface area contributed by atoms with Gasteiger partial charge < -0.3 is 20.1 Å². The van der Waals surface area contributed by atoms with Crippen molar-refractivity contribution in [3.63, 3.8) is 0 Å². The van der Waals surface area contributed by atoms with Crippen molar-refractivity contribution in [3.8, 4) is 5.75 Å². The maximum Gasteiger partial charge on any atom is 0.191 e. The number of aliphatic imine (C=N–C) groups is 1. The van der Waals surface area contributed by atoms with Gasteiger partial charge in [-0.05, 0) is 11.6 Å². The Hall–Kier alpha value is -1.75.